The number of nitrogens with one attached hydrogen (secondary N) is 1. The van der Waals surface area contributed by atoms with Gasteiger partial charge in [0.2, 0.25) is 5.91 Å². The largest absolute Gasteiger partial charge is 0.377 e. The summed E-state index contributed by atoms with van der Waals surface area (Å²) in [6, 6.07) is 21.1. The highest BCUT2D eigenvalue weighted by atomic mass is 19.1. The molecule has 0 saturated heterocycles. The standard InChI is InChI=1S/C29H34FN3O2/c1-5-17-33(29(35)26(6-2)21-11-8-7-9-12-21)20-23-19-25(15-16-27(23)32(3)4)31-28(34)22-13-10-14-24(30)18-22/h7-16,18-19,26H,5-6,17,20H2,1-4H3,(H,31,34)/t26-/m0/s1. The Kier molecular flexibility index (Phi) is 9.01. The van der Waals surface area contributed by atoms with E-state index in [1.807, 2.05) is 79.3 Å². The molecule has 1 N–H and O–H groups in total. The molecular formula is C29H34FN3O2. The topological polar surface area (TPSA) is 52.7 Å². The number of amides is 2. The number of carbonyl (C=O) groups is 2. The van der Waals surface area contributed by atoms with Crippen LogP contribution in [0, 0.1) is 5.82 Å². The Morgan fingerprint density at radius 2 is 1.69 bits per heavy atom. The van der Waals surface area contributed by atoms with E-state index in [0.717, 1.165) is 23.2 Å². The summed E-state index contributed by atoms with van der Waals surface area (Å²) in [6.07, 6.45) is 1.55. The first-order valence-electron chi connectivity index (χ1n) is 12.0. The number of halogens is 1. The van der Waals surface area contributed by atoms with Crippen LogP contribution in [-0.4, -0.2) is 37.4 Å². The van der Waals surface area contributed by atoms with Crippen LogP contribution in [0.1, 0.15) is 54.1 Å². The molecule has 3 rings (SSSR count). The lowest BCUT2D eigenvalue weighted by Gasteiger charge is -2.29. The lowest BCUT2D eigenvalue weighted by molar-refractivity contribution is -0.133. The van der Waals surface area contributed by atoms with Gasteiger partial charge in [-0.3, -0.25) is 9.59 Å². The molecule has 0 saturated carbocycles. The molecule has 0 fully saturated rings. The summed E-state index contributed by atoms with van der Waals surface area (Å²) in [7, 11) is 3.91. The van der Waals surface area contributed by atoms with Crippen molar-refractivity contribution in [3.05, 3.63) is 95.3 Å². The summed E-state index contributed by atoms with van der Waals surface area (Å²) in [4.78, 5) is 30.2. The molecule has 1 atom stereocenters. The molecule has 3 aromatic carbocycles. The Labute approximate surface area is 207 Å². The first-order valence-corrected chi connectivity index (χ1v) is 12.0. The van der Waals surface area contributed by atoms with E-state index in [2.05, 4.69) is 12.2 Å². The molecule has 0 heterocycles. The smallest absolute Gasteiger partial charge is 0.255 e. The summed E-state index contributed by atoms with van der Waals surface area (Å²) in [5, 5.41) is 2.86. The van der Waals surface area contributed by atoms with Gasteiger partial charge in [-0.1, -0.05) is 50.2 Å². The third-order valence-electron chi connectivity index (χ3n) is 5.98. The molecule has 5 nitrogen and oxygen atoms in total. The molecule has 0 radical (unpaired) electrons. The Balaban J connectivity index is 1.88. The number of rotatable bonds is 10. The van der Waals surface area contributed by atoms with Crippen molar-refractivity contribution in [2.45, 2.75) is 39.2 Å². The lowest BCUT2D eigenvalue weighted by atomic mass is 9.94. The fourth-order valence-electron chi connectivity index (χ4n) is 4.26. The summed E-state index contributed by atoms with van der Waals surface area (Å²) in [5.41, 5.74) is 3.76. The fraction of sp³-hybridized carbons (Fsp3) is 0.310. The highest BCUT2D eigenvalue weighted by Gasteiger charge is 2.25. The number of hydrogen-bond donors (Lipinski definition) is 1. The van der Waals surface area contributed by atoms with E-state index in [1.54, 1.807) is 6.07 Å². The van der Waals surface area contributed by atoms with Crippen molar-refractivity contribution in [2.24, 2.45) is 0 Å². The van der Waals surface area contributed by atoms with Crippen LogP contribution in [0.4, 0.5) is 15.8 Å². The molecular weight excluding hydrogens is 441 g/mol. The Bertz CT molecular complexity index is 1150. The van der Waals surface area contributed by atoms with Crippen molar-refractivity contribution in [1.82, 2.24) is 4.90 Å². The minimum absolute atomic E-state index is 0.0967. The van der Waals surface area contributed by atoms with E-state index in [-0.39, 0.29) is 23.3 Å². The average molecular weight is 476 g/mol. The van der Waals surface area contributed by atoms with Gasteiger partial charge in [0.1, 0.15) is 5.82 Å². The normalized spacial score (nSPS) is 11.6. The van der Waals surface area contributed by atoms with Gasteiger partial charge in [0.05, 0.1) is 5.92 Å². The highest BCUT2D eigenvalue weighted by molar-refractivity contribution is 6.04. The van der Waals surface area contributed by atoms with Crippen molar-refractivity contribution in [3.63, 3.8) is 0 Å². The van der Waals surface area contributed by atoms with Gasteiger partial charge in [0.25, 0.3) is 5.91 Å². The Morgan fingerprint density at radius 3 is 2.31 bits per heavy atom. The molecule has 3 aromatic rings. The van der Waals surface area contributed by atoms with E-state index < -0.39 is 5.82 Å². The number of benzene rings is 3. The summed E-state index contributed by atoms with van der Waals surface area (Å²) in [5.74, 6) is -0.954. The van der Waals surface area contributed by atoms with Crippen LogP contribution in [0.2, 0.25) is 0 Å². The Hall–Kier alpha value is -3.67. The number of anilines is 2. The third-order valence-corrected chi connectivity index (χ3v) is 5.98. The van der Waals surface area contributed by atoms with Crippen molar-refractivity contribution in [1.29, 1.82) is 0 Å². The maximum Gasteiger partial charge on any atom is 0.255 e. The molecule has 184 valence electrons. The van der Waals surface area contributed by atoms with Crippen molar-refractivity contribution >= 4 is 23.2 Å². The van der Waals surface area contributed by atoms with Crippen molar-refractivity contribution < 1.29 is 14.0 Å². The van der Waals surface area contributed by atoms with Gasteiger partial charge in [0, 0.05) is 44.1 Å². The second kappa shape index (κ2) is 12.2. The van der Waals surface area contributed by atoms with E-state index in [9.17, 15) is 14.0 Å². The first-order chi connectivity index (χ1) is 16.8. The molecule has 0 aliphatic rings. The SMILES string of the molecule is CCCN(Cc1cc(NC(=O)c2cccc(F)c2)ccc1N(C)C)C(=O)[C@@H](CC)c1ccccc1. The van der Waals surface area contributed by atoms with Gasteiger partial charge in [-0.2, -0.15) is 0 Å². The van der Waals surface area contributed by atoms with Crippen molar-refractivity contribution in [2.75, 3.05) is 30.9 Å². The maximum atomic E-state index is 13.6. The molecule has 0 aliphatic heterocycles. The number of hydrogen-bond acceptors (Lipinski definition) is 3. The fourth-order valence-corrected chi connectivity index (χ4v) is 4.26. The quantitative estimate of drug-likeness (QED) is 0.387. The predicted molar refractivity (Wildman–Crippen MR) is 140 cm³/mol. The monoisotopic (exact) mass is 475 g/mol. The first kappa shape index (κ1) is 25.9. The minimum atomic E-state index is -0.459. The van der Waals surface area contributed by atoms with Crippen molar-refractivity contribution in [3.8, 4) is 0 Å². The molecule has 0 aliphatic carbocycles. The zero-order valence-electron chi connectivity index (χ0n) is 20.9. The van der Waals surface area contributed by atoms with Crippen LogP contribution < -0.4 is 10.2 Å². The van der Waals surface area contributed by atoms with Crippen LogP contribution in [0.5, 0.6) is 0 Å². The van der Waals surface area contributed by atoms with Crippen LogP contribution in [0.25, 0.3) is 0 Å². The summed E-state index contributed by atoms with van der Waals surface area (Å²) < 4.78 is 13.6. The molecule has 0 bridgehead atoms. The highest BCUT2D eigenvalue weighted by Crippen LogP contribution is 2.28. The molecule has 2 amide bonds. The van der Waals surface area contributed by atoms with Gasteiger partial charge in [0.15, 0.2) is 0 Å². The minimum Gasteiger partial charge on any atom is -0.377 e. The second-order valence-electron chi connectivity index (χ2n) is 8.83. The average Bonchev–Trinajstić information content (AvgIpc) is 2.85. The zero-order valence-corrected chi connectivity index (χ0v) is 20.9. The van der Waals surface area contributed by atoms with E-state index in [4.69, 9.17) is 0 Å². The number of nitrogens with zero attached hydrogens (tertiary/aromatic N) is 2. The molecule has 0 spiro atoms. The van der Waals surface area contributed by atoms with Crippen LogP contribution in [0.3, 0.4) is 0 Å². The predicted octanol–water partition coefficient (Wildman–Crippen LogP) is 6.08. The maximum absolute atomic E-state index is 13.6. The van der Waals surface area contributed by atoms with Crippen LogP contribution in [-0.2, 0) is 11.3 Å². The second-order valence-corrected chi connectivity index (χ2v) is 8.83. The van der Waals surface area contributed by atoms with Crippen LogP contribution >= 0.6 is 0 Å². The summed E-state index contributed by atoms with van der Waals surface area (Å²) >= 11 is 0. The third kappa shape index (κ3) is 6.69. The molecule has 6 heteroatoms. The van der Waals surface area contributed by atoms with Gasteiger partial charge < -0.3 is 15.1 Å². The van der Waals surface area contributed by atoms with Gasteiger partial charge in [-0.25, -0.2) is 4.39 Å². The summed E-state index contributed by atoms with van der Waals surface area (Å²) in [6.45, 7) is 5.15. The van der Waals surface area contributed by atoms with E-state index >= 15 is 0 Å². The van der Waals surface area contributed by atoms with E-state index in [1.165, 1.54) is 18.2 Å². The van der Waals surface area contributed by atoms with Gasteiger partial charge in [-0.05, 0) is 60.4 Å². The van der Waals surface area contributed by atoms with Gasteiger partial charge in [-0.15, -0.1) is 0 Å². The van der Waals surface area contributed by atoms with E-state index in [0.29, 0.717) is 25.2 Å². The molecule has 35 heavy (non-hydrogen) atoms. The number of carbonyl (C=O) groups excluding carboxylic acids is 2. The van der Waals surface area contributed by atoms with Crippen LogP contribution in [0.15, 0.2) is 72.8 Å². The Morgan fingerprint density at radius 1 is 0.943 bits per heavy atom. The molecule has 0 aromatic heterocycles. The van der Waals surface area contributed by atoms with Gasteiger partial charge >= 0.3 is 0 Å². The zero-order chi connectivity index (χ0) is 25.4. The lowest BCUT2D eigenvalue weighted by Crippen LogP contribution is -2.35. The molecule has 0 unspecified atom stereocenters.